The van der Waals surface area contributed by atoms with E-state index in [9.17, 15) is 4.39 Å². The third-order valence-corrected chi connectivity index (χ3v) is 3.15. The molecular weight excluding hydrogens is 239 g/mol. The van der Waals surface area contributed by atoms with Gasteiger partial charge in [0.05, 0.1) is 0 Å². The van der Waals surface area contributed by atoms with Gasteiger partial charge < -0.3 is 10.2 Å². The van der Waals surface area contributed by atoms with E-state index >= 15 is 0 Å². The molecule has 2 rings (SSSR count). The van der Waals surface area contributed by atoms with Gasteiger partial charge in [-0.15, -0.1) is 0 Å². The lowest BCUT2D eigenvalue weighted by Crippen LogP contribution is -2.09. The third kappa shape index (κ3) is 3.47. The fourth-order valence-electron chi connectivity index (χ4n) is 1.95. The highest BCUT2D eigenvalue weighted by Crippen LogP contribution is 2.19. The number of hydrogen-bond donors (Lipinski definition) is 1. The Kier molecular flexibility index (Phi) is 4.05. The van der Waals surface area contributed by atoms with Gasteiger partial charge in [-0.05, 0) is 48.4 Å². The summed E-state index contributed by atoms with van der Waals surface area (Å²) in [5, 5.41) is 3.37. The molecule has 0 atom stereocenters. The average Bonchev–Trinajstić information content (AvgIpc) is 2.38. The molecule has 2 aromatic carbocycles. The standard InChI is InChI=1S/C16H19FN2/c1-12-9-14(17)8-7-13(12)11-18-15-5-4-6-16(10-15)19(2)3/h4-10,18H,11H2,1-3H3. The molecule has 0 saturated heterocycles. The second-order valence-corrected chi connectivity index (χ2v) is 4.87. The van der Waals surface area contributed by atoms with Crippen LogP contribution in [0.25, 0.3) is 0 Å². The number of hydrogen-bond acceptors (Lipinski definition) is 2. The monoisotopic (exact) mass is 258 g/mol. The second-order valence-electron chi connectivity index (χ2n) is 4.87. The Hall–Kier alpha value is -2.03. The highest BCUT2D eigenvalue weighted by atomic mass is 19.1. The first-order valence-corrected chi connectivity index (χ1v) is 6.32. The van der Waals surface area contributed by atoms with Gasteiger partial charge in [0.2, 0.25) is 0 Å². The van der Waals surface area contributed by atoms with E-state index in [-0.39, 0.29) is 5.82 Å². The van der Waals surface area contributed by atoms with E-state index in [0.29, 0.717) is 6.54 Å². The van der Waals surface area contributed by atoms with Crippen molar-refractivity contribution in [2.75, 3.05) is 24.3 Å². The number of anilines is 2. The highest BCUT2D eigenvalue weighted by Gasteiger charge is 2.01. The Balaban J connectivity index is 2.08. The molecule has 0 saturated carbocycles. The third-order valence-electron chi connectivity index (χ3n) is 3.15. The normalized spacial score (nSPS) is 10.3. The van der Waals surface area contributed by atoms with Gasteiger partial charge in [0.15, 0.2) is 0 Å². The Morgan fingerprint density at radius 2 is 1.89 bits per heavy atom. The van der Waals surface area contributed by atoms with Crippen LogP contribution in [0.2, 0.25) is 0 Å². The van der Waals surface area contributed by atoms with Crippen LogP contribution in [0.15, 0.2) is 42.5 Å². The molecular formula is C16H19FN2. The molecule has 0 aromatic heterocycles. The summed E-state index contributed by atoms with van der Waals surface area (Å²) in [6.45, 7) is 2.62. The van der Waals surface area contributed by atoms with Crippen molar-refractivity contribution in [3.63, 3.8) is 0 Å². The van der Waals surface area contributed by atoms with Gasteiger partial charge >= 0.3 is 0 Å². The average molecular weight is 258 g/mol. The van der Waals surface area contributed by atoms with Crippen molar-refractivity contribution in [2.45, 2.75) is 13.5 Å². The summed E-state index contributed by atoms with van der Waals surface area (Å²) in [6.07, 6.45) is 0. The van der Waals surface area contributed by atoms with Gasteiger partial charge in [0, 0.05) is 32.0 Å². The first kappa shape index (κ1) is 13.4. The Labute approximate surface area is 113 Å². The van der Waals surface area contributed by atoms with E-state index in [2.05, 4.69) is 22.3 Å². The lowest BCUT2D eigenvalue weighted by atomic mass is 10.1. The van der Waals surface area contributed by atoms with E-state index in [0.717, 1.165) is 22.5 Å². The van der Waals surface area contributed by atoms with Gasteiger partial charge in [-0.25, -0.2) is 4.39 Å². The maximum atomic E-state index is 13.0. The van der Waals surface area contributed by atoms with E-state index < -0.39 is 0 Å². The van der Waals surface area contributed by atoms with Gasteiger partial charge in [-0.1, -0.05) is 12.1 Å². The first-order valence-electron chi connectivity index (χ1n) is 6.32. The van der Waals surface area contributed by atoms with Gasteiger partial charge in [0.1, 0.15) is 5.82 Å². The van der Waals surface area contributed by atoms with Crippen LogP contribution in [0.3, 0.4) is 0 Å². The highest BCUT2D eigenvalue weighted by molar-refractivity contribution is 5.57. The molecule has 2 aromatic rings. The Morgan fingerprint density at radius 1 is 1.11 bits per heavy atom. The molecule has 19 heavy (non-hydrogen) atoms. The summed E-state index contributed by atoms with van der Waals surface area (Å²) in [6, 6.07) is 13.1. The van der Waals surface area contributed by atoms with E-state index in [1.807, 2.05) is 39.2 Å². The van der Waals surface area contributed by atoms with Crippen LogP contribution in [0.4, 0.5) is 15.8 Å². The van der Waals surface area contributed by atoms with Crippen LogP contribution < -0.4 is 10.2 Å². The van der Waals surface area contributed by atoms with Crippen molar-refractivity contribution >= 4 is 11.4 Å². The first-order chi connectivity index (χ1) is 9.06. The predicted molar refractivity (Wildman–Crippen MR) is 79.2 cm³/mol. The smallest absolute Gasteiger partial charge is 0.123 e. The Bertz CT molecular complexity index is 564. The van der Waals surface area contributed by atoms with Crippen LogP contribution in [-0.2, 0) is 6.54 Å². The van der Waals surface area contributed by atoms with E-state index in [1.165, 1.54) is 6.07 Å². The largest absolute Gasteiger partial charge is 0.381 e. The van der Waals surface area contributed by atoms with Crippen molar-refractivity contribution in [1.29, 1.82) is 0 Å². The van der Waals surface area contributed by atoms with Crippen molar-refractivity contribution in [1.82, 2.24) is 0 Å². The van der Waals surface area contributed by atoms with Crippen LogP contribution in [0.5, 0.6) is 0 Å². The minimum absolute atomic E-state index is 0.184. The van der Waals surface area contributed by atoms with E-state index in [4.69, 9.17) is 0 Å². The second kappa shape index (κ2) is 5.74. The van der Waals surface area contributed by atoms with Gasteiger partial charge in [-0.3, -0.25) is 0 Å². The van der Waals surface area contributed by atoms with E-state index in [1.54, 1.807) is 6.07 Å². The van der Waals surface area contributed by atoms with Crippen LogP contribution in [0.1, 0.15) is 11.1 Å². The van der Waals surface area contributed by atoms with Crippen molar-refractivity contribution in [2.24, 2.45) is 0 Å². The molecule has 0 heterocycles. The topological polar surface area (TPSA) is 15.3 Å². The van der Waals surface area contributed by atoms with Gasteiger partial charge in [0.25, 0.3) is 0 Å². The summed E-state index contributed by atoms with van der Waals surface area (Å²) in [5.74, 6) is -0.184. The quantitative estimate of drug-likeness (QED) is 0.897. The maximum Gasteiger partial charge on any atom is 0.123 e. The molecule has 100 valence electrons. The number of benzene rings is 2. The van der Waals surface area contributed by atoms with Crippen LogP contribution >= 0.6 is 0 Å². The summed E-state index contributed by atoms with van der Waals surface area (Å²) in [4.78, 5) is 2.06. The summed E-state index contributed by atoms with van der Waals surface area (Å²) < 4.78 is 13.0. The van der Waals surface area contributed by atoms with Crippen molar-refractivity contribution in [3.05, 3.63) is 59.4 Å². The number of halogens is 1. The molecule has 0 spiro atoms. The summed E-state index contributed by atoms with van der Waals surface area (Å²) in [5.41, 5.74) is 4.30. The molecule has 0 fully saturated rings. The molecule has 0 amide bonds. The number of nitrogens with zero attached hydrogens (tertiary/aromatic N) is 1. The molecule has 1 N–H and O–H groups in total. The molecule has 0 aliphatic carbocycles. The molecule has 0 radical (unpaired) electrons. The zero-order chi connectivity index (χ0) is 13.8. The molecule has 2 nitrogen and oxygen atoms in total. The molecule has 3 heteroatoms. The zero-order valence-electron chi connectivity index (χ0n) is 11.6. The fraction of sp³-hybridized carbons (Fsp3) is 0.250. The molecule has 0 bridgehead atoms. The molecule has 0 unspecified atom stereocenters. The lowest BCUT2D eigenvalue weighted by molar-refractivity contribution is 0.625. The maximum absolute atomic E-state index is 13.0. The zero-order valence-corrected chi connectivity index (χ0v) is 11.6. The van der Waals surface area contributed by atoms with Crippen molar-refractivity contribution in [3.8, 4) is 0 Å². The minimum Gasteiger partial charge on any atom is -0.381 e. The molecule has 0 aliphatic heterocycles. The van der Waals surface area contributed by atoms with Crippen LogP contribution in [-0.4, -0.2) is 14.1 Å². The molecule has 0 aliphatic rings. The number of rotatable bonds is 4. The lowest BCUT2D eigenvalue weighted by Gasteiger charge is -2.15. The number of aryl methyl sites for hydroxylation is 1. The van der Waals surface area contributed by atoms with Crippen LogP contribution in [0, 0.1) is 12.7 Å². The number of nitrogens with one attached hydrogen (secondary N) is 1. The fourth-order valence-corrected chi connectivity index (χ4v) is 1.95. The SMILES string of the molecule is Cc1cc(F)ccc1CNc1cccc(N(C)C)c1. The van der Waals surface area contributed by atoms with Crippen molar-refractivity contribution < 1.29 is 4.39 Å². The minimum atomic E-state index is -0.184. The Morgan fingerprint density at radius 3 is 2.58 bits per heavy atom. The predicted octanol–water partition coefficient (Wildman–Crippen LogP) is 3.81. The summed E-state index contributed by atoms with van der Waals surface area (Å²) in [7, 11) is 4.03. The van der Waals surface area contributed by atoms with Gasteiger partial charge in [-0.2, -0.15) is 0 Å². The summed E-state index contributed by atoms with van der Waals surface area (Å²) >= 11 is 0.